The molecular formula is C11H12N2O2. The van der Waals surface area contributed by atoms with Crippen molar-refractivity contribution in [3.63, 3.8) is 0 Å². The van der Waals surface area contributed by atoms with Gasteiger partial charge in [0, 0.05) is 11.6 Å². The van der Waals surface area contributed by atoms with Crippen LogP contribution in [-0.2, 0) is 0 Å². The molecule has 4 nitrogen and oxygen atoms in total. The van der Waals surface area contributed by atoms with Gasteiger partial charge in [-0.05, 0) is 12.5 Å². The number of hydrogen-bond acceptors (Lipinski definition) is 4. The smallest absolute Gasteiger partial charge is 0.222 e. The molecule has 1 aromatic heterocycles. The van der Waals surface area contributed by atoms with Gasteiger partial charge in [0.1, 0.15) is 5.69 Å². The standard InChI is InChI=1S/C11H12N2O2/c1-7(14)8-4-2-3-5-9(8)10-6-11(12)15-13-10/h2-7,14H,12H2,1H3. The molecule has 3 N–H and O–H groups in total. The van der Waals surface area contributed by atoms with Crippen molar-refractivity contribution in [1.29, 1.82) is 0 Å². The summed E-state index contributed by atoms with van der Waals surface area (Å²) in [6.07, 6.45) is -0.542. The van der Waals surface area contributed by atoms with Crippen LogP contribution in [0.3, 0.4) is 0 Å². The number of nitrogens with zero attached hydrogens (tertiary/aromatic N) is 1. The predicted octanol–water partition coefficient (Wildman–Crippen LogP) is 1.98. The second-order valence-corrected chi connectivity index (χ2v) is 3.38. The van der Waals surface area contributed by atoms with Gasteiger partial charge in [0.25, 0.3) is 0 Å². The summed E-state index contributed by atoms with van der Waals surface area (Å²) in [5, 5.41) is 13.4. The van der Waals surface area contributed by atoms with Gasteiger partial charge in [0.05, 0.1) is 6.10 Å². The van der Waals surface area contributed by atoms with Gasteiger partial charge in [-0.3, -0.25) is 0 Å². The zero-order valence-electron chi connectivity index (χ0n) is 8.34. The van der Waals surface area contributed by atoms with E-state index in [4.69, 9.17) is 10.3 Å². The van der Waals surface area contributed by atoms with E-state index >= 15 is 0 Å². The summed E-state index contributed by atoms with van der Waals surface area (Å²) in [5.41, 5.74) is 7.74. The maximum atomic E-state index is 9.58. The molecule has 2 rings (SSSR count). The van der Waals surface area contributed by atoms with Gasteiger partial charge in [0.15, 0.2) is 0 Å². The van der Waals surface area contributed by atoms with Crippen molar-refractivity contribution in [2.45, 2.75) is 13.0 Å². The Balaban J connectivity index is 2.52. The predicted molar refractivity (Wildman–Crippen MR) is 57.0 cm³/mol. The lowest BCUT2D eigenvalue weighted by Crippen LogP contribution is -1.94. The third-order valence-electron chi connectivity index (χ3n) is 2.22. The van der Waals surface area contributed by atoms with E-state index in [2.05, 4.69) is 5.16 Å². The van der Waals surface area contributed by atoms with E-state index in [1.165, 1.54) is 0 Å². The van der Waals surface area contributed by atoms with E-state index in [9.17, 15) is 5.11 Å². The summed E-state index contributed by atoms with van der Waals surface area (Å²) in [4.78, 5) is 0. The molecule has 0 bridgehead atoms. The van der Waals surface area contributed by atoms with Crippen LogP contribution in [-0.4, -0.2) is 10.3 Å². The van der Waals surface area contributed by atoms with Crippen molar-refractivity contribution in [3.05, 3.63) is 35.9 Å². The number of benzene rings is 1. The van der Waals surface area contributed by atoms with Crippen molar-refractivity contribution in [3.8, 4) is 11.3 Å². The van der Waals surface area contributed by atoms with Crippen molar-refractivity contribution >= 4 is 5.88 Å². The number of aliphatic hydroxyl groups is 1. The summed E-state index contributed by atoms with van der Waals surface area (Å²) < 4.78 is 4.80. The molecule has 0 saturated heterocycles. The average Bonchev–Trinajstić information content (AvgIpc) is 2.65. The van der Waals surface area contributed by atoms with Crippen LogP contribution < -0.4 is 5.73 Å². The van der Waals surface area contributed by atoms with Crippen LogP contribution in [0.1, 0.15) is 18.6 Å². The quantitative estimate of drug-likeness (QED) is 0.784. The van der Waals surface area contributed by atoms with Crippen LogP contribution >= 0.6 is 0 Å². The topological polar surface area (TPSA) is 72.3 Å². The van der Waals surface area contributed by atoms with Gasteiger partial charge in [-0.15, -0.1) is 0 Å². The number of hydrogen-bond donors (Lipinski definition) is 2. The average molecular weight is 204 g/mol. The van der Waals surface area contributed by atoms with Crippen LogP contribution in [0.5, 0.6) is 0 Å². The minimum Gasteiger partial charge on any atom is -0.389 e. The van der Waals surface area contributed by atoms with Crippen LogP contribution in [0.2, 0.25) is 0 Å². The fourth-order valence-electron chi connectivity index (χ4n) is 1.51. The SMILES string of the molecule is CC(O)c1ccccc1-c1cc(N)on1. The second kappa shape index (κ2) is 3.74. The van der Waals surface area contributed by atoms with Gasteiger partial charge in [0.2, 0.25) is 5.88 Å². The molecule has 1 aromatic carbocycles. The molecular weight excluding hydrogens is 192 g/mol. The first kappa shape index (κ1) is 9.73. The Morgan fingerprint density at radius 1 is 1.40 bits per heavy atom. The lowest BCUT2D eigenvalue weighted by Gasteiger charge is -2.08. The first-order valence-electron chi connectivity index (χ1n) is 4.68. The molecule has 1 heterocycles. The Hall–Kier alpha value is -1.81. The molecule has 0 saturated carbocycles. The van der Waals surface area contributed by atoms with E-state index in [1.54, 1.807) is 13.0 Å². The number of nitrogens with two attached hydrogens (primary N) is 1. The number of anilines is 1. The van der Waals surface area contributed by atoms with Crippen LogP contribution in [0.25, 0.3) is 11.3 Å². The minimum atomic E-state index is -0.542. The van der Waals surface area contributed by atoms with Crippen molar-refractivity contribution in [1.82, 2.24) is 5.16 Å². The molecule has 2 aromatic rings. The third-order valence-corrected chi connectivity index (χ3v) is 2.22. The highest BCUT2D eigenvalue weighted by molar-refractivity contribution is 5.65. The summed E-state index contributed by atoms with van der Waals surface area (Å²) in [5.74, 6) is 0.269. The molecule has 0 aliphatic carbocycles. The molecule has 15 heavy (non-hydrogen) atoms. The lowest BCUT2D eigenvalue weighted by atomic mass is 10.0. The highest BCUT2D eigenvalue weighted by Crippen LogP contribution is 2.27. The molecule has 78 valence electrons. The van der Waals surface area contributed by atoms with Crippen molar-refractivity contribution in [2.75, 3.05) is 5.73 Å². The molecule has 1 atom stereocenters. The van der Waals surface area contributed by atoms with E-state index < -0.39 is 6.10 Å². The van der Waals surface area contributed by atoms with Crippen LogP contribution in [0.15, 0.2) is 34.9 Å². The molecule has 1 unspecified atom stereocenters. The normalized spacial score (nSPS) is 12.7. The molecule has 0 spiro atoms. The van der Waals surface area contributed by atoms with Crippen LogP contribution in [0.4, 0.5) is 5.88 Å². The van der Waals surface area contributed by atoms with Gasteiger partial charge in [-0.2, -0.15) is 0 Å². The Kier molecular flexibility index (Phi) is 2.43. The minimum absolute atomic E-state index is 0.269. The first-order chi connectivity index (χ1) is 7.18. The fraction of sp³-hybridized carbons (Fsp3) is 0.182. The second-order valence-electron chi connectivity index (χ2n) is 3.38. The van der Waals surface area contributed by atoms with Crippen molar-refractivity contribution < 1.29 is 9.63 Å². The Morgan fingerprint density at radius 2 is 2.13 bits per heavy atom. The molecule has 0 radical (unpaired) electrons. The van der Waals surface area contributed by atoms with Gasteiger partial charge < -0.3 is 15.4 Å². The van der Waals surface area contributed by atoms with Gasteiger partial charge in [-0.25, -0.2) is 0 Å². The maximum Gasteiger partial charge on any atom is 0.222 e. The zero-order valence-corrected chi connectivity index (χ0v) is 8.34. The Bertz CT molecular complexity index is 463. The van der Waals surface area contributed by atoms with E-state index in [-0.39, 0.29) is 5.88 Å². The van der Waals surface area contributed by atoms with Gasteiger partial charge in [-0.1, -0.05) is 29.4 Å². The largest absolute Gasteiger partial charge is 0.389 e. The summed E-state index contributed by atoms with van der Waals surface area (Å²) >= 11 is 0. The Labute approximate surface area is 87.3 Å². The lowest BCUT2D eigenvalue weighted by molar-refractivity contribution is 0.200. The molecule has 0 aliphatic heterocycles. The van der Waals surface area contributed by atoms with E-state index in [1.807, 2.05) is 24.3 Å². The summed E-state index contributed by atoms with van der Waals surface area (Å²) in [6, 6.07) is 9.12. The highest BCUT2D eigenvalue weighted by Gasteiger charge is 2.11. The Morgan fingerprint density at radius 3 is 2.73 bits per heavy atom. The number of aliphatic hydroxyl groups excluding tert-OH is 1. The highest BCUT2D eigenvalue weighted by atomic mass is 16.5. The van der Waals surface area contributed by atoms with Gasteiger partial charge >= 0.3 is 0 Å². The molecule has 4 heteroatoms. The number of aromatic nitrogens is 1. The van der Waals surface area contributed by atoms with E-state index in [0.29, 0.717) is 5.69 Å². The molecule has 0 amide bonds. The first-order valence-corrected chi connectivity index (χ1v) is 4.68. The summed E-state index contributed by atoms with van der Waals surface area (Å²) in [7, 11) is 0. The molecule has 0 aliphatic rings. The monoisotopic (exact) mass is 204 g/mol. The zero-order chi connectivity index (χ0) is 10.8. The van der Waals surface area contributed by atoms with Crippen molar-refractivity contribution in [2.24, 2.45) is 0 Å². The van der Waals surface area contributed by atoms with Crippen LogP contribution in [0, 0.1) is 0 Å². The summed E-state index contributed by atoms with van der Waals surface area (Å²) in [6.45, 7) is 1.71. The van der Waals surface area contributed by atoms with E-state index in [0.717, 1.165) is 11.1 Å². The maximum absolute atomic E-state index is 9.58. The number of nitrogen functional groups attached to an aromatic ring is 1. The number of rotatable bonds is 2. The molecule has 0 fully saturated rings. The third kappa shape index (κ3) is 1.85. The fourth-order valence-corrected chi connectivity index (χ4v) is 1.51.